The highest BCUT2D eigenvalue weighted by molar-refractivity contribution is 5.97. The second-order valence-electron chi connectivity index (χ2n) is 5.06. The smallest absolute Gasteiger partial charge is 0.257 e. The first-order valence-electron chi connectivity index (χ1n) is 7.25. The molecule has 8 heteroatoms. The van der Waals surface area contributed by atoms with Gasteiger partial charge in [0.2, 0.25) is 11.7 Å². The molecule has 1 saturated heterocycles. The number of nitrogens with zero attached hydrogens (tertiary/aromatic N) is 3. The van der Waals surface area contributed by atoms with Crippen LogP contribution in [0.4, 0.5) is 0 Å². The van der Waals surface area contributed by atoms with E-state index >= 15 is 0 Å². The molecule has 23 heavy (non-hydrogen) atoms. The summed E-state index contributed by atoms with van der Waals surface area (Å²) in [5, 5.41) is 7.01. The number of piperazine rings is 1. The third-order valence-electron chi connectivity index (χ3n) is 3.45. The first kappa shape index (κ1) is 17.2. The summed E-state index contributed by atoms with van der Waals surface area (Å²) in [4.78, 5) is 18.5. The van der Waals surface area contributed by atoms with Gasteiger partial charge in [0.25, 0.3) is 5.91 Å². The molecule has 3 rings (SSSR count). The average molecular weight is 339 g/mol. The number of hydrogen-bond donors (Lipinski definition) is 1. The van der Waals surface area contributed by atoms with Gasteiger partial charge in [-0.1, -0.05) is 17.3 Å². The standard InChI is InChI=1S/C15H18N4O3.ClH/c1-11-17-14(18-22-11)10-21-13-5-3-2-4-12(13)15(20)19-8-6-16-7-9-19;/h2-5,16H,6-10H2,1H3;1H. The maximum Gasteiger partial charge on any atom is 0.257 e. The van der Waals surface area contributed by atoms with Crippen molar-refractivity contribution >= 4 is 18.3 Å². The van der Waals surface area contributed by atoms with Crippen molar-refractivity contribution in [2.75, 3.05) is 26.2 Å². The van der Waals surface area contributed by atoms with Crippen LogP contribution in [-0.2, 0) is 6.61 Å². The number of rotatable bonds is 4. The minimum Gasteiger partial charge on any atom is -0.485 e. The molecular formula is C15H19ClN4O3. The van der Waals surface area contributed by atoms with Crippen LogP contribution in [0.2, 0.25) is 0 Å². The number of carbonyl (C=O) groups is 1. The van der Waals surface area contributed by atoms with Crippen molar-refractivity contribution in [3.63, 3.8) is 0 Å². The van der Waals surface area contributed by atoms with Crippen LogP contribution < -0.4 is 10.1 Å². The molecule has 1 aromatic heterocycles. The lowest BCUT2D eigenvalue weighted by molar-refractivity contribution is 0.0730. The van der Waals surface area contributed by atoms with Crippen LogP contribution >= 0.6 is 12.4 Å². The molecule has 1 amide bonds. The van der Waals surface area contributed by atoms with Gasteiger partial charge in [-0.15, -0.1) is 12.4 Å². The lowest BCUT2D eigenvalue weighted by Gasteiger charge is -2.28. The summed E-state index contributed by atoms with van der Waals surface area (Å²) in [6.07, 6.45) is 0. The monoisotopic (exact) mass is 338 g/mol. The predicted octanol–water partition coefficient (Wildman–Crippen LogP) is 1.42. The van der Waals surface area contributed by atoms with Gasteiger partial charge in [0.1, 0.15) is 5.75 Å². The molecule has 1 aliphatic heterocycles. The summed E-state index contributed by atoms with van der Waals surface area (Å²) in [6, 6.07) is 7.23. The second-order valence-corrected chi connectivity index (χ2v) is 5.06. The predicted molar refractivity (Wildman–Crippen MR) is 85.8 cm³/mol. The van der Waals surface area contributed by atoms with Crippen LogP contribution in [0.25, 0.3) is 0 Å². The van der Waals surface area contributed by atoms with Gasteiger partial charge in [-0.3, -0.25) is 4.79 Å². The van der Waals surface area contributed by atoms with E-state index in [4.69, 9.17) is 9.26 Å². The Morgan fingerprint density at radius 3 is 2.78 bits per heavy atom. The molecule has 0 unspecified atom stereocenters. The van der Waals surface area contributed by atoms with Crippen LogP contribution in [-0.4, -0.2) is 47.1 Å². The van der Waals surface area contributed by atoms with E-state index in [0.29, 0.717) is 36.1 Å². The van der Waals surface area contributed by atoms with Gasteiger partial charge in [-0.25, -0.2) is 0 Å². The second kappa shape index (κ2) is 7.94. The molecule has 0 spiro atoms. The number of para-hydroxylation sites is 1. The van der Waals surface area contributed by atoms with Crippen molar-refractivity contribution in [1.29, 1.82) is 0 Å². The zero-order chi connectivity index (χ0) is 15.4. The van der Waals surface area contributed by atoms with E-state index in [1.165, 1.54) is 0 Å². The minimum absolute atomic E-state index is 0. The largest absolute Gasteiger partial charge is 0.485 e. The van der Waals surface area contributed by atoms with Gasteiger partial charge < -0.3 is 19.5 Å². The number of halogens is 1. The molecule has 1 aliphatic rings. The Bertz CT molecular complexity index is 656. The lowest BCUT2D eigenvalue weighted by Crippen LogP contribution is -2.46. The van der Waals surface area contributed by atoms with E-state index in [2.05, 4.69) is 15.5 Å². The van der Waals surface area contributed by atoms with E-state index in [0.717, 1.165) is 13.1 Å². The van der Waals surface area contributed by atoms with Gasteiger partial charge in [-0.2, -0.15) is 4.98 Å². The van der Waals surface area contributed by atoms with Crippen LogP contribution in [0, 0.1) is 6.92 Å². The van der Waals surface area contributed by atoms with E-state index < -0.39 is 0 Å². The van der Waals surface area contributed by atoms with Gasteiger partial charge in [0.15, 0.2) is 6.61 Å². The number of aromatic nitrogens is 2. The molecule has 1 fully saturated rings. The summed E-state index contributed by atoms with van der Waals surface area (Å²) in [6.45, 7) is 4.93. The first-order valence-corrected chi connectivity index (χ1v) is 7.25. The summed E-state index contributed by atoms with van der Waals surface area (Å²) in [5.74, 6) is 1.47. The molecule has 124 valence electrons. The molecule has 0 aliphatic carbocycles. The SMILES string of the molecule is Cc1nc(COc2ccccc2C(=O)N2CCNCC2)no1.Cl. The van der Waals surface area contributed by atoms with Gasteiger partial charge >= 0.3 is 0 Å². The quantitative estimate of drug-likeness (QED) is 0.908. The number of hydrogen-bond acceptors (Lipinski definition) is 6. The highest BCUT2D eigenvalue weighted by Crippen LogP contribution is 2.21. The summed E-state index contributed by atoms with van der Waals surface area (Å²) in [5.41, 5.74) is 0.560. The topological polar surface area (TPSA) is 80.5 Å². The highest BCUT2D eigenvalue weighted by Gasteiger charge is 2.21. The molecule has 0 atom stereocenters. The highest BCUT2D eigenvalue weighted by atomic mass is 35.5. The average Bonchev–Trinajstić information content (AvgIpc) is 2.99. The molecule has 1 N–H and O–H groups in total. The first-order chi connectivity index (χ1) is 10.7. The number of carbonyl (C=O) groups excluding carboxylic acids is 1. The van der Waals surface area contributed by atoms with Gasteiger partial charge in [-0.05, 0) is 12.1 Å². The number of nitrogens with one attached hydrogen (secondary N) is 1. The number of benzene rings is 1. The van der Waals surface area contributed by atoms with Crippen molar-refractivity contribution in [2.24, 2.45) is 0 Å². The van der Waals surface area contributed by atoms with Crippen molar-refractivity contribution < 1.29 is 14.1 Å². The molecule has 0 bridgehead atoms. The molecule has 0 radical (unpaired) electrons. The Morgan fingerprint density at radius 1 is 1.35 bits per heavy atom. The fourth-order valence-electron chi connectivity index (χ4n) is 2.35. The van der Waals surface area contributed by atoms with E-state index in [1.807, 2.05) is 17.0 Å². The third-order valence-corrected chi connectivity index (χ3v) is 3.45. The van der Waals surface area contributed by atoms with Crippen LogP contribution in [0.1, 0.15) is 22.1 Å². The molecular weight excluding hydrogens is 320 g/mol. The third kappa shape index (κ3) is 4.20. The molecule has 1 aromatic carbocycles. The zero-order valence-corrected chi connectivity index (χ0v) is 13.6. The van der Waals surface area contributed by atoms with E-state index in [9.17, 15) is 4.79 Å². The van der Waals surface area contributed by atoms with Crippen LogP contribution in [0.3, 0.4) is 0 Å². The summed E-state index contributed by atoms with van der Waals surface area (Å²) in [7, 11) is 0. The number of ether oxygens (including phenoxy) is 1. The molecule has 7 nitrogen and oxygen atoms in total. The van der Waals surface area contributed by atoms with Gasteiger partial charge in [0, 0.05) is 33.1 Å². The summed E-state index contributed by atoms with van der Waals surface area (Å²) >= 11 is 0. The number of amides is 1. The van der Waals surface area contributed by atoms with E-state index in [-0.39, 0.29) is 24.9 Å². The van der Waals surface area contributed by atoms with Crippen LogP contribution in [0.5, 0.6) is 5.75 Å². The maximum absolute atomic E-state index is 12.6. The maximum atomic E-state index is 12.6. The van der Waals surface area contributed by atoms with Crippen molar-refractivity contribution in [3.8, 4) is 5.75 Å². The molecule has 0 saturated carbocycles. The normalized spacial score (nSPS) is 14.2. The lowest BCUT2D eigenvalue weighted by atomic mass is 10.1. The Kier molecular flexibility index (Phi) is 5.95. The Balaban J connectivity index is 0.00000192. The van der Waals surface area contributed by atoms with Crippen molar-refractivity contribution in [3.05, 3.63) is 41.5 Å². The van der Waals surface area contributed by atoms with Crippen molar-refractivity contribution in [1.82, 2.24) is 20.4 Å². The minimum atomic E-state index is -0.0126. The fraction of sp³-hybridized carbons (Fsp3) is 0.400. The Hall–Kier alpha value is -2.12. The Labute approximate surface area is 140 Å². The summed E-state index contributed by atoms with van der Waals surface area (Å²) < 4.78 is 10.6. The zero-order valence-electron chi connectivity index (χ0n) is 12.8. The molecule has 2 heterocycles. The van der Waals surface area contributed by atoms with Crippen molar-refractivity contribution in [2.45, 2.75) is 13.5 Å². The number of aryl methyl sites for hydroxylation is 1. The van der Waals surface area contributed by atoms with Gasteiger partial charge in [0.05, 0.1) is 5.56 Å². The van der Waals surface area contributed by atoms with Crippen LogP contribution in [0.15, 0.2) is 28.8 Å². The fourth-order valence-corrected chi connectivity index (χ4v) is 2.35. The molecule has 2 aromatic rings. The van der Waals surface area contributed by atoms with E-state index in [1.54, 1.807) is 19.1 Å². The Morgan fingerprint density at radius 2 is 2.09 bits per heavy atom.